The van der Waals surface area contributed by atoms with Gasteiger partial charge in [0.05, 0.1) is 19.1 Å². The summed E-state index contributed by atoms with van der Waals surface area (Å²) in [4.78, 5) is 11.0. The Kier molecular flexibility index (Phi) is 2.67. The molecule has 2 heterocycles. The smallest absolute Gasteiger partial charge is 0.307 e. The summed E-state index contributed by atoms with van der Waals surface area (Å²) in [7, 11) is 0. The second-order valence-electron chi connectivity index (χ2n) is 6.85. The zero-order valence-corrected chi connectivity index (χ0v) is 12.1. The highest BCUT2D eigenvalue weighted by Crippen LogP contribution is 2.48. The number of hydrogen-bond donors (Lipinski definition) is 1. The first kappa shape index (κ1) is 12.9. The maximum absolute atomic E-state index is 11.0. The van der Waals surface area contributed by atoms with Gasteiger partial charge < -0.3 is 14.4 Å². The van der Waals surface area contributed by atoms with Gasteiger partial charge in [-0.3, -0.25) is 4.79 Å². The summed E-state index contributed by atoms with van der Waals surface area (Å²) < 4.78 is 7.61. The Morgan fingerprint density at radius 3 is 2.86 bits per heavy atom. The number of carboxylic acid groups (broad SMARTS) is 1. The van der Waals surface area contributed by atoms with Crippen LogP contribution in [-0.2, 0) is 16.1 Å². The minimum absolute atomic E-state index is 0.191. The highest BCUT2D eigenvalue weighted by Gasteiger charge is 2.44. The largest absolute Gasteiger partial charge is 0.481 e. The normalized spacial score (nSPS) is 26.5. The van der Waals surface area contributed by atoms with Crippen molar-refractivity contribution in [2.45, 2.75) is 25.8 Å². The van der Waals surface area contributed by atoms with Crippen molar-refractivity contribution < 1.29 is 14.6 Å². The lowest BCUT2D eigenvalue weighted by atomic mass is 9.88. The Labute approximate surface area is 123 Å². The number of aliphatic carboxylic acids is 1. The first-order valence-electron chi connectivity index (χ1n) is 7.45. The monoisotopic (exact) mass is 285 g/mol. The summed E-state index contributed by atoms with van der Waals surface area (Å²) in [6, 6.07) is 8.49. The quantitative estimate of drug-likeness (QED) is 0.939. The first-order chi connectivity index (χ1) is 10.1. The predicted octanol–water partition coefficient (Wildman–Crippen LogP) is 2.87. The van der Waals surface area contributed by atoms with Crippen molar-refractivity contribution in [2.24, 2.45) is 11.3 Å². The molecule has 0 amide bonds. The zero-order valence-electron chi connectivity index (χ0n) is 12.1. The minimum Gasteiger partial charge on any atom is -0.481 e. The highest BCUT2D eigenvalue weighted by atomic mass is 16.5. The molecular formula is C17H19NO3. The maximum atomic E-state index is 11.0. The van der Waals surface area contributed by atoms with Crippen molar-refractivity contribution in [1.82, 2.24) is 4.57 Å². The van der Waals surface area contributed by atoms with Crippen molar-refractivity contribution >= 4 is 16.9 Å². The van der Waals surface area contributed by atoms with E-state index >= 15 is 0 Å². The van der Waals surface area contributed by atoms with E-state index in [9.17, 15) is 4.79 Å². The summed E-state index contributed by atoms with van der Waals surface area (Å²) in [5.41, 5.74) is 2.59. The molecule has 2 aliphatic rings. The van der Waals surface area contributed by atoms with Crippen LogP contribution in [0.1, 0.15) is 24.8 Å². The number of benzene rings is 1. The molecule has 4 nitrogen and oxygen atoms in total. The van der Waals surface area contributed by atoms with Gasteiger partial charge in [0.15, 0.2) is 0 Å². The molecule has 1 saturated heterocycles. The average Bonchev–Trinajstić information content (AvgIpc) is 3.14. The molecule has 4 heteroatoms. The van der Waals surface area contributed by atoms with Crippen molar-refractivity contribution in [3.8, 4) is 0 Å². The summed E-state index contributed by atoms with van der Waals surface area (Å²) in [5, 5.41) is 10.3. The number of hydrogen-bond acceptors (Lipinski definition) is 2. The number of carboxylic acids is 1. The molecule has 4 rings (SSSR count). The second-order valence-corrected chi connectivity index (χ2v) is 6.85. The van der Waals surface area contributed by atoms with Gasteiger partial charge >= 0.3 is 5.97 Å². The van der Waals surface area contributed by atoms with E-state index in [0.717, 1.165) is 31.7 Å². The van der Waals surface area contributed by atoms with Gasteiger partial charge in [-0.05, 0) is 35.4 Å². The lowest BCUT2D eigenvalue weighted by Gasteiger charge is -2.38. The second kappa shape index (κ2) is 4.34. The van der Waals surface area contributed by atoms with Gasteiger partial charge in [0.1, 0.15) is 0 Å². The Morgan fingerprint density at radius 2 is 2.24 bits per heavy atom. The van der Waals surface area contributed by atoms with E-state index in [1.54, 1.807) is 0 Å². The number of rotatable bonds is 4. The number of nitrogens with zero attached hydrogens (tertiary/aromatic N) is 1. The average molecular weight is 285 g/mol. The standard InChI is InChI=1S/C17H19NO3/c1-17(9-21-10-17)8-18-5-4-11-2-3-12(6-15(11)18)13-7-14(13)16(19)20/h2-6,13-14H,7-10H2,1H3,(H,19,20)/t13-,14+/m0/s1. The molecule has 1 saturated carbocycles. The van der Waals surface area contributed by atoms with Crippen molar-refractivity contribution in [1.29, 1.82) is 0 Å². The molecule has 1 aliphatic heterocycles. The van der Waals surface area contributed by atoms with Crippen LogP contribution in [0.4, 0.5) is 0 Å². The van der Waals surface area contributed by atoms with Crippen molar-refractivity contribution in [3.05, 3.63) is 36.0 Å². The number of fused-ring (bicyclic) bond motifs is 1. The van der Waals surface area contributed by atoms with E-state index in [1.807, 2.05) is 0 Å². The van der Waals surface area contributed by atoms with Crippen LogP contribution in [0.15, 0.2) is 30.5 Å². The van der Waals surface area contributed by atoms with Gasteiger partial charge in [-0.15, -0.1) is 0 Å². The maximum Gasteiger partial charge on any atom is 0.307 e. The molecule has 1 aliphatic carbocycles. The third kappa shape index (κ3) is 2.14. The van der Waals surface area contributed by atoms with Gasteiger partial charge in [-0.2, -0.15) is 0 Å². The molecule has 1 aromatic carbocycles. The third-order valence-electron chi connectivity index (χ3n) is 4.79. The molecule has 0 unspecified atom stereocenters. The van der Waals surface area contributed by atoms with E-state index in [0.29, 0.717) is 0 Å². The van der Waals surface area contributed by atoms with E-state index in [2.05, 4.69) is 42.0 Å². The van der Waals surface area contributed by atoms with E-state index in [4.69, 9.17) is 9.84 Å². The third-order valence-corrected chi connectivity index (χ3v) is 4.79. The molecule has 2 fully saturated rings. The fourth-order valence-corrected chi connectivity index (χ4v) is 3.36. The van der Waals surface area contributed by atoms with Crippen LogP contribution in [0, 0.1) is 11.3 Å². The lowest BCUT2D eigenvalue weighted by molar-refractivity contribution is -0.138. The molecule has 0 radical (unpaired) electrons. The van der Waals surface area contributed by atoms with Gasteiger partial charge in [0, 0.05) is 23.7 Å². The molecule has 2 aromatic rings. The molecule has 2 atom stereocenters. The molecule has 110 valence electrons. The Morgan fingerprint density at radius 1 is 1.43 bits per heavy atom. The SMILES string of the molecule is CC1(Cn2ccc3ccc([C@@H]4C[C@H]4C(=O)O)cc32)COC1. The summed E-state index contributed by atoms with van der Waals surface area (Å²) in [6.07, 6.45) is 2.90. The van der Waals surface area contributed by atoms with Gasteiger partial charge in [0.25, 0.3) is 0 Å². The Bertz CT molecular complexity index is 714. The molecule has 1 aromatic heterocycles. The number of aromatic nitrogens is 1. The molecule has 0 spiro atoms. The van der Waals surface area contributed by atoms with Crippen LogP contribution in [0.2, 0.25) is 0 Å². The lowest BCUT2D eigenvalue weighted by Crippen LogP contribution is -2.42. The van der Waals surface area contributed by atoms with E-state index < -0.39 is 5.97 Å². The Hall–Kier alpha value is -1.81. The summed E-state index contributed by atoms with van der Waals surface area (Å²) in [5.74, 6) is -0.670. The molecule has 21 heavy (non-hydrogen) atoms. The van der Waals surface area contributed by atoms with Gasteiger partial charge in [-0.25, -0.2) is 0 Å². The van der Waals surface area contributed by atoms with Crippen molar-refractivity contribution in [3.63, 3.8) is 0 Å². The van der Waals surface area contributed by atoms with Crippen LogP contribution >= 0.6 is 0 Å². The van der Waals surface area contributed by atoms with Gasteiger partial charge in [-0.1, -0.05) is 19.1 Å². The van der Waals surface area contributed by atoms with Crippen LogP contribution in [0.3, 0.4) is 0 Å². The molecule has 1 N–H and O–H groups in total. The number of ether oxygens (including phenoxy) is 1. The fraction of sp³-hybridized carbons (Fsp3) is 0.471. The van der Waals surface area contributed by atoms with Gasteiger partial charge in [0.2, 0.25) is 0 Å². The predicted molar refractivity (Wildman–Crippen MR) is 79.3 cm³/mol. The van der Waals surface area contributed by atoms with Crippen LogP contribution in [0.5, 0.6) is 0 Å². The minimum atomic E-state index is -0.672. The van der Waals surface area contributed by atoms with Crippen LogP contribution < -0.4 is 0 Å². The first-order valence-corrected chi connectivity index (χ1v) is 7.45. The summed E-state index contributed by atoms with van der Waals surface area (Å²) in [6.45, 7) is 4.83. The Balaban J connectivity index is 1.65. The van der Waals surface area contributed by atoms with Crippen LogP contribution in [-0.4, -0.2) is 28.9 Å². The molecular weight excluding hydrogens is 266 g/mol. The fourth-order valence-electron chi connectivity index (χ4n) is 3.36. The van der Waals surface area contributed by atoms with E-state index in [1.165, 1.54) is 10.9 Å². The van der Waals surface area contributed by atoms with E-state index in [-0.39, 0.29) is 17.3 Å². The van der Waals surface area contributed by atoms with Crippen LogP contribution in [0.25, 0.3) is 10.9 Å². The van der Waals surface area contributed by atoms with Crippen molar-refractivity contribution in [2.75, 3.05) is 13.2 Å². The zero-order chi connectivity index (χ0) is 14.6. The summed E-state index contributed by atoms with van der Waals surface area (Å²) >= 11 is 0. The number of carbonyl (C=O) groups is 1. The topological polar surface area (TPSA) is 51.5 Å². The highest BCUT2D eigenvalue weighted by molar-refractivity contribution is 5.82. The molecule has 0 bridgehead atoms.